The Kier molecular flexibility index (Phi) is 3.85. The number of nitrogens with zero attached hydrogens (tertiary/aromatic N) is 1. The number of amides is 1. The fourth-order valence-corrected chi connectivity index (χ4v) is 2.04. The number of hydrogen-bond donors (Lipinski definition) is 2. The first-order valence-corrected chi connectivity index (χ1v) is 6.14. The quantitative estimate of drug-likeness (QED) is 0.806. The van der Waals surface area contributed by atoms with Crippen molar-refractivity contribution >= 4 is 22.8 Å². The normalized spacial score (nSPS) is 10.6. The highest BCUT2D eigenvalue weighted by Crippen LogP contribution is 2.18. The van der Waals surface area contributed by atoms with Crippen molar-refractivity contribution in [1.29, 1.82) is 0 Å². The topological polar surface area (TPSA) is 71.3 Å². The second kappa shape index (κ2) is 5.56. The van der Waals surface area contributed by atoms with Crippen molar-refractivity contribution in [2.45, 2.75) is 19.9 Å². The second-order valence-corrected chi connectivity index (χ2v) is 4.42. The molecule has 0 aliphatic rings. The van der Waals surface area contributed by atoms with Crippen molar-refractivity contribution in [2.75, 3.05) is 6.54 Å². The maximum Gasteiger partial charge on any atom is 0.335 e. The van der Waals surface area contributed by atoms with Crippen molar-refractivity contribution in [2.24, 2.45) is 0 Å². The number of nitrogens with one attached hydrogen (secondary N) is 1. The predicted octanol–water partition coefficient (Wildman–Crippen LogP) is 1.87. The molecule has 0 bridgehead atoms. The van der Waals surface area contributed by atoms with E-state index in [0.717, 1.165) is 23.9 Å². The summed E-state index contributed by atoms with van der Waals surface area (Å²) in [5.74, 6) is -0.941. The van der Waals surface area contributed by atoms with Crippen LogP contribution in [0.3, 0.4) is 0 Å². The third kappa shape index (κ3) is 3.13. The number of aromatic carboxylic acids is 1. The molecule has 0 saturated carbocycles. The summed E-state index contributed by atoms with van der Waals surface area (Å²) < 4.78 is 2.06. The predicted molar refractivity (Wildman–Crippen MR) is 72.2 cm³/mol. The molecular weight excluding hydrogens is 244 g/mol. The third-order valence-electron chi connectivity index (χ3n) is 2.97. The lowest BCUT2D eigenvalue weighted by atomic mass is 10.1. The van der Waals surface area contributed by atoms with Gasteiger partial charge in [-0.1, -0.05) is 0 Å². The van der Waals surface area contributed by atoms with Gasteiger partial charge in [0.25, 0.3) is 0 Å². The summed E-state index contributed by atoms with van der Waals surface area (Å²) in [5, 5.41) is 12.6. The highest BCUT2D eigenvalue weighted by Gasteiger charge is 2.06. The zero-order valence-corrected chi connectivity index (χ0v) is 10.7. The largest absolute Gasteiger partial charge is 0.478 e. The molecule has 0 unspecified atom stereocenters. The Bertz CT molecular complexity index is 616. The molecule has 19 heavy (non-hydrogen) atoms. The Morgan fingerprint density at radius 1 is 1.32 bits per heavy atom. The Morgan fingerprint density at radius 3 is 2.79 bits per heavy atom. The SMILES string of the molecule is CC(=O)NCCCn1ccc2cc(C(=O)O)ccc21. The van der Waals surface area contributed by atoms with Gasteiger partial charge < -0.3 is 15.0 Å². The number of aromatic nitrogens is 1. The third-order valence-corrected chi connectivity index (χ3v) is 2.97. The highest BCUT2D eigenvalue weighted by atomic mass is 16.4. The number of rotatable bonds is 5. The van der Waals surface area contributed by atoms with Crippen LogP contribution in [0.4, 0.5) is 0 Å². The van der Waals surface area contributed by atoms with Gasteiger partial charge in [0.1, 0.15) is 0 Å². The number of hydrogen-bond acceptors (Lipinski definition) is 2. The van der Waals surface area contributed by atoms with Crippen LogP contribution in [0, 0.1) is 0 Å². The number of carboxylic acids is 1. The molecule has 1 aromatic heterocycles. The van der Waals surface area contributed by atoms with Crippen molar-refractivity contribution in [3.63, 3.8) is 0 Å². The smallest absolute Gasteiger partial charge is 0.335 e. The zero-order valence-electron chi connectivity index (χ0n) is 10.7. The standard InChI is InChI=1S/C14H16N2O3/c1-10(17)15-6-2-7-16-8-5-11-9-12(14(18)19)3-4-13(11)16/h3-5,8-9H,2,6-7H2,1H3,(H,15,17)(H,18,19). The lowest BCUT2D eigenvalue weighted by Gasteiger charge is -2.06. The maximum absolute atomic E-state index is 10.9. The number of carbonyl (C=O) groups is 2. The van der Waals surface area contributed by atoms with E-state index in [-0.39, 0.29) is 5.91 Å². The molecule has 1 aromatic carbocycles. The van der Waals surface area contributed by atoms with Crippen LogP contribution >= 0.6 is 0 Å². The van der Waals surface area contributed by atoms with Gasteiger partial charge in [-0.05, 0) is 30.7 Å². The minimum absolute atomic E-state index is 0.0246. The molecule has 0 fully saturated rings. The molecule has 0 spiro atoms. The second-order valence-electron chi connectivity index (χ2n) is 4.42. The van der Waals surface area contributed by atoms with Crippen LogP contribution in [-0.2, 0) is 11.3 Å². The molecule has 0 atom stereocenters. The summed E-state index contributed by atoms with van der Waals surface area (Å²) in [6.45, 7) is 2.93. The van der Waals surface area contributed by atoms with E-state index >= 15 is 0 Å². The number of carbonyl (C=O) groups excluding carboxylic acids is 1. The summed E-state index contributed by atoms with van der Waals surface area (Å²) in [5.41, 5.74) is 1.30. The molecule has 2 N–H and O–H groups in total. The van der Waals surface area contributed by atoms with Crippen LogP contribution in [0.5, 0.6) is 0 Å². The average Bonchev–Trinajstić information content (AvgIpc) is 2.76. The zero-order chi connectivity index (χ0) is 13.8. The summed E-state index contributed by atoms with van der Waals surface area (Å²) in [6.07, 6.45) is 2.77. The fourth-order valence-electron chi connectivity index (χ4n) is 2.04. The van der Waals surface area contributed by atoms with Crippen molar-refractivity contribution in [1.82, 2.24) is 9.88 Å². The Hall–Kier alpha value is -2.30. The number of fused-ring (bicyclic) bond motifs is 1. The number of aryl methyl sites for hydroxylation is 1. The molecule has 2 rings (SSSR count). The van der Waals surface area contributed by atoms with Crippen molar-refractivity contribution in [3.05, 3.63) is 36.0 Å². The molecule has 100 valence electrons. The average molecular weight is 260 g/mol. The Labute approximate surface area is 110 Å². The van der Waals surface area contributed by atoms with Gasteiger partial charge in [0.05, 0.1) is 5.56 Å². The molecule has 0 radical (unpaired) electrons. The molecule has 1 amide bonds. The van der Waals surface area contributed by atoms with Gasteiger partial charge in [-0.3, -0.25) is 4.79 Å². The highest BCUT2D eigenvalue weighted by molar-refractivity contribution is 5.93. The lowest BCUT2D eigenvalue weighted by molar-refractivity contribution is -0.118. The first-order chi connectivity index (χ1) is 9.08. The summed E-state index contributed by atoms with van der Waals surface area (Å²) in [4.78, 5) is 21.6. The minimum Gasteiger partial charge on any atom is -0.478 e. The van der Waals surface area contributed by atoms with E-state index in [1.165, 1.54) is 6.92 Å². The molecule has 5 nitrogen and oxygen atoms in total. The Balaban J connectivity index is 2.08. The van der Waals surface area contributed by atoms with Gasteiger partial charge in [0, 0.05) is 37.1 Å². The van der Waals surface area contributed by atoms with Crippen LogP contribution in [0.25, 0.3) is 10.9 Å². The fraction of sp³-hybridized carbons (Fsp3) is 0.286. The van der Waals surface area contributed by atoms with E-state index in [1.54, 1.807) is 12.1 Å². The summed E-state index contributed by atoms with van der Waals surface area (Å²) in [7, 11) is 0. The first kappa shape index (κ1) is 13.1. The molecule has 5 heteroatoms. The van der Waals surface area contributed by atoms with Crippen LogP contribution in [0.2, 0.25) is 0 Å². The van der Waals surface area contributed by atoms with E-state index in [9.17, 15) is 9.59 Å². The minimum atomic E-state index is -0.916. The van der Waals surface area contributed by atoms with Crippen molar-refractivity contribution in [3.8, 4) is 0 Å². The van der Waals surface area contributed by atoms with Gasteiger partial charge >= 0.3 is 5.97 Å². The van der Waals surface area contributed by atoms with E-state index in [0.29, 0.717) is 12.1 Å². The Morgan fingerprint density at radius 2 is 2.11 bits per heavy atom. The van der Waals surface area contributed by atoms with E-state index in [4.69, 9.17) is 5.11 Å². The van der Waals surface area contributed by atoms with Crippen LogP contribution < -0.4 is 5.32 Å². The lowest BCUT2D eigenvalue weighted by Crippen LogP contribution is -2.21. The van der Waals surface area contributed by atoms with Crippen molar-refractivity contribution < 1.29 is 14.7 Å². The molecule has 0 saturated heterocycles. The van der Waals surface area contributed by atoms with Gasteiger partial charge in [-0.2, -0.15) is 0 Å². The number of benzene rings is 1. The van der Waals surface area contributed by atoms with Gasteiger partial charge in [-0.25, -0.2) is 4.79 Å². The molecule has 2 aromatic rings. The molecule has 1 heterocycles. The first-order valence-electron chi connectivity index (χ1n) is 6.14. The van der Waals surface area contributed by atoms with Crippen LogP contribution in [0.15, 0.2) is 30.5 Å². The maximum atomic E-state index is 10.9. The number of carboxylic acid groups (broad SMARTS) is 1. The van der Waals surface area contributed by atoms with Crippen LogP contribution in [-0.4, -0.2) is 28.1 Å². The summed E-state index contributed by atoms with van der Waals surface area (Å²) in [6, 6.07) is 6.99. The van der Waals surface area contributed by atoms with Gasteiger partial charge in [-0.15, -0.1) is 0 Å². The van der Waals surface area contributed by atoms with E-state index in [1.807, 2.05) is 18.3 Å². The molecule has 0 aliphatic carbocycles. The van der Waals surface area contributed by atoms with Gasteiger partial charge in [0.2, 0.25) is 5.91 Å². The monoisotopic (exact) mass is 260 g/mol. The molecule has 0 aliphatic heterocycles. The van der Waals surface area contributed by atoms with Gasteiger partial charge in [0.15, 0.2) is 0 Å². The van der Waals surface area contributed by atoms with E-state index in [2.05, 4.69) is 9.88 Å². The molecular formula is C14H16N2O3. The summed E-state index contributed by atoms with van der Waals surface area (Å²) >= 11 is 0. The van der Waals surface area contributed by atoms with Crippen LogP contribution in [0.1, 0.15) is 23.7 Å². The van der Waals surface area contributed by atoms with E-state index < -0.39 is 5.97 Å².